The van der Waals surface area contributed by atoms with Crippen LogP contribution in [0.15, 0.2) is 36.4 Å². The van der Waals surface area contributed by atoms with Crippen LogP contribution in [-0.4, -0.2) is 41.6 Å². The Kier molecular flexibility index (Phi) is 6.71. The standard InChI is InChI=1S/C16H23BO3.C11H12O3/c1-11-6-7-12-10-13(8-9-14(12)18-11)17-19-15(2,3)16(4,5)20-17;1-7-2-4-9-8(6-7)3-5-10(14-9)11(12)13/h8-11H,6-7H2,1-5H3;2,4,6,10H,3,5H2,1H3,(H,12,13). The van der Waals surface area contributed by atoms with Crippen molar-refractivity contribution in [2.24, 2.45) is 0 Å². The Hall–Kier alpha value is -2.51. The van der Waals surface area contributed by atoms with Gasteiger partial charge in [0.2, 0.25) is 0 Å². The van der Waals surface area contributed by atoms with Crippen molar-refractivity contribution in [2.75, 3.05) is 0 Å². The first-order valence-electron chi connectivity index (χ1n) is 12.1. The summed E-state index contributed by atoms with van der Waals surface area (Å²) >= 11 is 0. The molecule has 0 saturated carbocycles. The number of ether oxygens (including phenoxy) is 2. The maximum atomic E-state index is 10.7. The Bertz CT molecular complexity index is 1050. The highest BCUT2D eigenvalue weighted by molar-refractivity contribution is 6.62. The summed E-state index contributed by atoms with van der Waals surface area (Å²) in [6.45, 7) is 12.5. The van der Waals surface area contributed by atoms with E-state index >= 15 is 0 Å². The minimum Gasteiger partial charge on any atom is -0.490 e. The third-order valence-corrected chi connectivity index (χ3v) is 7.19. The summed E-state index contributed by atoms with van der Waals surface area (Å²) in [5.74, 6) is 0.842. The van der Waals surface area contributed by atoms with Gasteiger partial charge in [-0.05, 0) is 95.9 Å². The van der Waals surface area contributed by atoms with Gasteiger partial charge in [0.25, 0.3) is 0 Å². The lowest BCUT2D eigenvalue weighted by Crippen LogP contribution is -2.41. The molecule has 1 N–H and O–H groups in total. The maximum absolute atomic E-state index is 10.7. The highest BCUT2D eigenvalue weighted by atomic mass is 16.7. The molecule has 2 unspecified atom stereocenters. The van der Waals surface area contributed by atoms with Crippen molar-refractivity contribution >= 4 is 18.6 Å². The van der Waals surface area contributed by atoms with Crippen LogP contribution >= 0.6 is 0 Å². The number of carbonyl (C=O) groups is 1. The molecule has 2 aromatic rings. The second-order valence-corrected chi connectivity index (χ2v) is 10.5. The van der Waals surface area contributed by atoms with Crippen LogP contribution < -0.4 is 14.9 Å². The van der Waals surface area contributed by atoms with Crippen molar-refractivity contribution in [1.29, 1.82) is 0 Å². The first kappa shape index (κ1) is 24.6. The van der Waals surface area contributed by atoms with E-state index in [-0.39, 0.29) is 18.3 Å². The van der Waals surface area contributed by atoms with Crippen LogP contribution in [0.4, 0.5) is 0 Å². The van der Waals surface area contributed by atoms with Crippen LogP contribution in [0, 0.1) is 6.92 Å². The zero-order valence-electron chi connectivity index (χ0n) is 21.0. The average molecular weight is 466 g/mol. The summed E-state index contributed by atoms with van der Waals surface area (Å²) < 4.78 is 23.4. The second-order valence-electron chi connectivity index (χ2n) is 10.5. The number of aryl methyl sites for hydroxylation is 3. The highest BCUT2D eigenvalue weighted by Crippen LogP contribution is 2.37. The number of aliphatic carboxylic acids is 1. The third kappa shape index (κ3) is 5.10. The van der Waals surface area contributed by atoms with Gasteiger partial charge >= 0.3 is 13.1 Å². The minimum atomic E-state index is -0.878. The van der Waals surface area contributed by atoms with Gasteiger partial charge in [0.1, 0.15) is 11.5 Å². The van der Waals surface area contributed by atoms with Crippen LogP contribution in [0.25, 0.3) is 0 Å². The van der Waals surface area contributed by atoms with Gasteiger partial charge < -0.3 is 23.9 Å². The number of hydrogen-bond donors (Lipinski definition) is 1. The monoisotopic (exact) mass is 466 g/mol. The van der Waals surface area contributed by atoms with E-state index in [1.807, 2.05) is 31.2 Å². The quantitative estimate of drug-likeness (QED) is 0.659. The van der Waals surface area contributed by atoms with Crippen LogP contribution in [0.3, 0.4) is 0 Å². The molecule has 182 valence electrons. The van der Waals surface area contributed by atoms with Crippen molar-refractivity contribution in [2.45, 2.75) is 90.6 Å². The van der Waals surface area contributed by atoms with Crippen LogP contribution in [0.1, 0.15) is 64.2 Å². The SMILES string of the molecule is CC1CCc2cc(B3OC(C)(C)C(C)(C)O3)ccc2O1.Cc1ccc2c(c1)CCC(C(=O)O)O2. The molecule has 2 aromatic carbocycles. The third-order valence-electron chi connectivity index (χ3n) is 7.19. The molecule has 0 aliphatic carbocycles. The lowest BCUT2D eigenvalue weighted by atomic mass is 9.77. The number of hydrogen-bond acceptors (Lipinski definition) is 5. The van der Waals surface area contributed by atoms with Crippen LogP contribution in [0.5, 0.6) is 11.5 Å². The summed E-state index contributed by atoms with van der Waals surface area (Å²) in [6, 6.07) is 12.1. The predicted octanol–water partition coefficient (Wildman–Crippen LogP) is 4.47. The van der Waals surface area contributed by atoms with Crippen LogP contribution in [-0.2, 0) is 26.9 Å². The van der Waals surface area contributed by atoms with Gasteiger partial charge in [0.05, 0.1) is 17.3 Å². The molecule has 1 fully saturated rings. The van der Waals surface area contributed by atoms with E-state index in [9.17, 15) is 4.79 Å². The fraction of sp³-hybridized carbons (Fsp3) is 0.519. The van der Waals surface area contributed by atoms with E-state index in [0.29, 0.717) is 18.3 Å². The van der Waals surface area contributed by atoms with Gasteiger partial charge in [-0.2, -0.15) is 0 Å². The zero-order chi connectivity index (χ0) is 24.7. The first-order valence-corrected chi connectivity index (χ1v) is 12.1. The second kappa shape index (κ2) is 9.27. The van der Waals surface area contributed by atoms with E-state index in [0.717, 1.165) is 36.0 Å². The molecule has 5 rings (SSSR count). The number of benzene rings is 2. The Morgan fingerprint density at radius 2 is 1.50 bits per heavy atom. The van der Waals surface area contributed by atoms with Crippen molar-refractivity contribution < 1.29 is 28.7 Å². The van der Waals surface area contributed by atoms with Gasteiger partial charge in [-0.15, -0.1) is 0 Å². The van der Waals surface area contributed by atoms with E-state index in [1.165, 1.54) is 11.1 Å². The molecule has 0 radical (unpaired) electrons. The Labute approximate surface area is 202 Å². The summed E-state index contributed by atoms with van der Waals surface area (Å²) in [4.78, 5) is 10.7. The van der Waals surface area contributed by atoms with E-state index in [1.54, 1.807) is 0 Å². The normalized spacial score (nSPS) is 24.0. The van der Waals surface area contributed by atoms with Crippen LogP contribution in [0.2, 0.25) is 0 Å². The molecule has 0 bridgehead atoms. The van der Waals surface area contributed by atoms with Crippen molar-refractivity contribution in [3.63, 3.8) is 0 Å². The lowest BCUT2D eigenvalue weighted by molar-refractivity contribution is -0.145. The largest absolute Gasteiger partial charge is 0.494 e. The smallest absolute Gasteiger partial charge is 0.490 e. The minimum absolute atomic E-state index is 0.287. The molecular weight excluding hydrogens is 431 g/mol. The lowest BCUT2D eigenvalue weighted by Gasteiger charge is -2.32. The van der Waals surface area contributed by atoms with Crippen molar-refractivity contribution in [1.82, 2.24) is 0 Å². The fourth-order valence-electron chi connectivity index (χ4n) is 4.36. The van der Waals surface area contributed by atoms with E-state index < -0.39 is 12.1 Å². The average Bonchev–Trinajstić information content (AvgIpc) is 3.00. The fourth-order valence-corrected chi connectivity index (χ4v) is 4.36. The molecule has 6 nitrogen and oxygen atoms in total. The van der Waals surface area contributed by atoms with Gasteiger partial charge in [0.15, 0.2) is 6.10 Å². The molecule has 7 heteroatoms. The number of fused-ring (bicyclic) bond motifs is 2. The Morgan fingerprint density at radius 3 is 2.18 bits per heavy atom. The molecular formula is C27H35BO6. The van der Waals surface area contributed by atoms with Gasteiger partial charge in [-0.1, -0.05) is 29.8 Å². The summed E-state index contributed by atoms with van der Waals surface area (Å²) in [6.07, 6.45) is 3.11. The number of rotatable bonds is 2. The summed E-state index contributed by atoms with van der Waals surface area (Å²) in [5.41, 5.74) is 4.05. The number of carboxylic acids is 1. The molecule has 0 spiro atoms. The van der Waals surface area contributed by atoms with Crippen molar-refractivity contribution in [3.8, 4) is 11.5 Å². The van der Waals surface area contributed by atoms with E-state index in [2.05, 4.69) is 46.8 Å². The zero-order valence-corrected chi connectivity index (χ0v) is 21.0. The topological polar surface area (TPSA) is 74.2 Å². The van der Waals surface area contributed by atoms with Gasteiger partial charge in [-0.25, -0.2) is 4.79 Å². The summed E-state index contributed by atoms with van der Waals surface area (Å²) in [5, 5.41) is 8.79. The van der Waals surface area contributed by atoms with Gasteiger partial charge in [0, 0.05) is 0 Å². The summed E-state index contributed by atoms with van der Waals surface area (Å²) in [7, 11) is -0.287. The molecule has 0 aromatic heterocycles. The molecule has 3 heterocycles. The molecule has 1 saturated heterocycles. The molecule has 34 heavy (non-hydrogen) atoms. The Morgan fingerprint density at radius 1 is 0.912 bits per heavy atom. The highest BCUT2D eigenvalue weighted by Gasteiger charge is 2.51. The molecule has 2 atom stereocenters. The van der Waals surface area contributed by atoms with Gasteiger partial charge in [-0.3, -0.25) is 0 Å². The first-order chi connectivity index (χ1) is 15.9. The predicted molar refractivity (Wildman–Crippen MR) is 132 cm³/mol. The van der Waals surface area contributed by atoms with Crippen molar-refractivity contribution in [3.05, 3.63) is 53.1 Å². The number of carboxylic acid groups (broad SMARTS) is 1. The molecule has 0 amide bonds. The molecule has 3 aliphatic heterocycles. The Balaban J connectivity index is 0.000000172. The van der Waals surface area contributed by atoms with E-state index in [4.69, 9.17) is 23.9 Å². The maximum Gasteiger partial charge on any atom is 0.494 e. The molecule has 3 aliphatic rings.